The molecule has 0 aliphatic heterocycles. The van der Waals surface area contributed by atoms with Gasteiger partial charge in [0.05, 0.1) is 11.9 Å². The summed E-state index contributed by atoms with van der Waals surface area (Å²) in [6.07, 6.45) is 7.98. The third-order valence-corrected chi connectivity index (χ3v) is 10.0. The summed E-state index contributed by atoms with van der Waals surface area (Å²) in [7, 11) is -1.16. The van der Waals surface area contributed by atoms with Crippen LogP contribution >= 0.6 is 0 Å². The number of rotatable bonds is 14. The second kappa shape index (κ2) is 12.5. The molecule has 9 nitrogen and oxygen atoms in total. The Bertz CT molecular complexity index is 1370. The second-order valence-corrected chi connectivity index (χ2v) is 19.2. The molecular weight excluding hydrogens is 544 g/mol. The van der Waals surface area contributed by atoms with E-state index in [0.717, 1.165) is 55.2 Å². The van der Waals surface area contributed by atoms with E-state index in [9.17, 15) is 9.59 Å². The molecule has 1 atom stereocenters. The largest absolute Gasteiger partial charge is 0.360 e. The third-order valence-electron chi connectivity index (χ3n) is 8.34. The van der Waals surface area contributed by atoms with Crippen LogP contribution in [0.3, 0.4) is 0 Å². The molecule has 1 aromatic carbocycles. The first-order valence-electron chi connectivity index (χ1n) is 15.4. The molecule has 2 saturated carbocycles. The Hall–Kier alpha value is -3.24. The molecule has 0 bridgehead atoms. The van der Waals surface area contributed by atoms with Gasteiger partial charge in [-0.1, -0.05) is 31.8 Å². The quantitative estimate of drug-likeness (QED) is 0.174. The van der Waals surface area contributed by atoms with Gasteiger partial charge in [0.2, 0.25) is 5.91 Å². The molecule has 0 spiro atoms. The normalized spacial score (nSPS) is 16.2. The average molecular weight is 591 g/mol. The molecule has 5 rings (SSSR count). The molecule has 42 heavy (non-hydrogen) atoms. The number of hydrogen-bond donors (Lipinski definition) is 2. The van der Waals surface area contributed by atoms with Crippen molar-refractivity contribution in [2.24, 2.45) is 17.8 Å². The lowest BCUT2D eigenvalue weighted by Gasteiger charge is -2.28. The number of carbonyl (C=O) groups excluding carboxylic acids is 2. The molecule has 2 aliphatic rings. The summed E-state index contributed by atoms with van der Waals surface area (Å²) in [4.78, 5) is 27.2. The van der Waals surface area contributed by atoms with E-state index in [-0.39, 0.29) is 23.8 Å². The monoisotopic (exact) mass is 590 g/mol. The van der Waals surface area contributed by atoms with Gasteiger partial charge in [0, 0.05) is 38.2 Å². The summed E-state index contributed by atoms with van der Waals surface area (Å²) < 4.78 is 9.57. The summed E-state index contributed by atoms with van der Waals surface area (Å²) in [6.45, 7) is 14.2. The van der Waals surface area contributed by atoms with Crippen LogP contribution in [0.15, 0.2) is 42.7 Å². The van der Waals surface area contributed by atoms with Crippen molar-refractivity contribution in [3.63, 3.8) is 0 Å². The zero-order valence-corrected chi connectivity index (χ0v) is 26.9. The predicted octanol–water partition coefficient (Wildman–Crippen LogP) is 6.12. The highest BCUT2D eigenvalue weighted by molar-refractivity contribution is 6.76. The number of amides is 2. The Morgan fingerprint density at radius 1 is 1.02 bits per heavy atom. The van der Waals surface area contributed by atoms with E-state index < -0.39 is 14.1 Å². The van der Waals surface area contributed by atoms with Crippen molar-refractivity contribution in [1.82, 2.24) is 24.9 Å². The fourth-order valence-corrected chi connectivity index (χ4v) is 6.52. The maximum absolute atomic E-state index is 13.8. The minimum Gasteiger partial charge on any atom is -0.360 e. The van der Waals surface area contributed by atoms with E-state index in [0.29, 0.717) is 29.9 Å². The number of aromatic nitrogens is 4. The van der Waals surface area contributed by atoms with E-state index >= 15 is 0 Å². The summed E-state index contributed by atoms with van der Waals surface area (Å²) in [5.74, 6) is 0.720. The Kier molecular flexibility index (Phi) is 9.03. The van der Waals surface area contributed by atoms with Crippen molar-refractivity contribution < 1.29 is 14.3 Å². The topological polar surface area (TPSA) is 103 Å². The minimum atomic E-state index is -1.16. The van der Waals surface area contributed by atoms with Gasteiger partial charge in [-0.15, -0.1) is 0 Å². The SMILES string of the molecule is Cc1cnn(COCC[Si](C)(C)C)c1-c1ccc(NC(=O)C(NC(=O)c2ccnn2C(C)C)C(C2CC2)C2CC2)cc1. The van der Waals surface area contributed by atoms with Crippen molar-refractivity contribution >= 4 is 25.6 Å². The number of nitrogens with one attached hydrogen (secondary N) is 2. The van der Waals surface area contributed by atoms with Gasteiger partial charge in [0.1, 0.15) is 18.5 Å². The maximum atomic E-state index is 13.8. The molecule has 2 aromatic heterocycles. The second-order valence-electron chi connectivity index (χ2n) is 13.5. The number of hydrogen-bond acceptors (Lipinski definition) is 5. The fourth-order valence-electron chi connectivity index (χ4n) is 5.76. The summed E-state index contributed by atoms with van der Waals surface area (Å²) in [5.41, 5.74) is 4.28. The van der Waals surface area contributed by atoms with Gasteiger partial charge in [-0.05, 0) is 94.0 Å². The van der Waals surface area contributed by atoms with Crippen LogP contribution in [0.25, 0.3) is 11.3 Å². The highest BCUT2D eigenvalue weighted by Gasteiger charge is 2.48. The summed E-state index contributed by atoms with van der Waals surface area (Å²) in [5, 5.41) is 15.1. The number of ether oxygens (including phenoxy) is 1. The maximum Gasteiger partial charge on any atom is 0.270 e. The van der Waals surface area contributed by atoms with Crippen molar-refractivity contribution in [3.8, 4) is 11.3 Å². The van der Waals surface area contributed by atoms with Crippen LogP contribution in [0, 0.1) is 24.7 Å². The molecule has 0 radical (unpaired) electrons. The molecule has 0 saturated heterocycles. The Morgan fingerprint density at radius 3 is 2.29 bits per heavy atom. The lowest BCUT2D eigenvalue weighted by atomic mass is 9.88. The molecule has 2 fully saturated rings. The lowest BCUT2D eigenvalue weighted by molar-refractivity contribution is -0.119. The first-order valence-corrected chi connectivity index (χ1v) is 19.1. The molecule has 3 aromatic rings. The van der Waals surface area contributed by atoms with E-state index in [1.807, 2.05) is 55.9 Å². The average Bonchev–Trinajstić information content (AvgIpc) is 3.86. The van der Waals surface area contributed by atoms with Crippen LogP contribution in [-0.2, 0) is 16.3 Å². The van der Waals surface area contributed by atoms with Crippen LogP contribution in [0.5, 0.6) is 0 Å². The van der Waals surface area contributed by atoms with Crippen LogP contribution in [0.2, 0.25) is 25.7 Å². The van der Waals surface area contributed by atoms with Gasteiger partial charge in [0.15, 0.2) is 0 Å². The van der Waals surface area contributed by atoms with Crippen LogP contribution in [0.1, 0.15) is 61.6 Å². The molecule has 226 valence electrons. The van der Waals surface area contributed by atoms with Gasteiger partial charge in [-0.3, -0.25) is 14.3 Å². The van der Waals surface area contributed by atoms with Gasteiger partial charge < -0.3 is 15.4 Å². The van der Waals surface area contributed by atoms with Gasteiger partial charge in [-0.25, -0.2) is 4.68 Å². The molecule has 2 amide bonds. The summed E-state index contributed by atoms with van der Waals surface area (Å²) >= 11 is 0. The minimum absolute atomic E-state index is 0.0471. The first-order chi connectivity index (χ1) is 20.0. The third kappa shape index (κ3) is 7.39. The van der Waals surface area contributed by atoms with Crippen molar-refractivity contribution in [2.45, 2.75) is 91.0 Å². The molecule has 10 heteroatoms. The highest BCUT2D eigenvalue weighted by atomic mass is 28.3. The van der Waals surface area contributed by atoms with Crippen LogP contribution in [0.4, 0.5) is 5.69 Å². The van der Waals surface area contributed by atoms with E-state index in [1.165, 1.54) is 0 Å². The number of nitrogens with zero attached hydrogens (tertiary/aromatic N) is 4. The zero-order valence-electron chi connectivity index (χ0n) is 25.9. The van der Waals surface area contributed by atoms with Gasteiger partial charge >= 0.3 is 0 Å². The molecule has 2 heterocycles. The molecular formula is C32H46N6O3Si. The predicted molar refractivity (Wildman–Crippen MR) is 168 cm³/mol. The van der Waals surface area contributed by atoms with Crippen LogP contribution in [-0.4, -0.2) is 52.1 Å². The van der Waals surface area contributed by atoms with Crippen molar-refractivity contribution in [1.29, 1.82) is 0 Å². The number of carbonyl (C=O) groups is 2. The smallest absolute Gasteiger partial charge is 0.270 e. The molecule has 2 aliphatic carbocycles. The Morgan fingerprint density at radius 2 is 1.69 bits per heavy atom. The standard InChI is InChI=1S/C32H46N6O3Si/c1-21(2)38-27(15-16-33-38)31(39)36-29(28(23-7-8-23)24-9-10-24)32(40)35-26-13-11-25(12-14-26)30-22(3)19-34-37(30)20-41-17-18-42(4,5)6/h11-16,19,21,23-24,28-29H,7-10,17-18,20H2,1-6H3,(H,35,40)(H,36,39). The fraction of sp³-hybridized carbons (Fsp3) is 0.562. The van der Waals surface area contributed by atoms with Gasteiger partial charge in [-0.2, -0.15) is 10.2 Å². The van der Waals surface area contributed by atoms with Gasteiger partial charge in [0.25, 0.3) is 5.91 Å². The van der Waals surface area contributed by atoms with E-state index in [4.69, 9.17) is 4.74 Å². The highest BCUT2D eigenvalue weighted by Crippen LogP contribution is 2.51. The van der Waals surface area contributed by atoms with E-state index in [2.05, 4.69) is 40.5 Å². The first kappa shape index (κ1) is 30.2. The van der Waals surface area contributed by atoms with Crippen molar-refractivity contribution in [3.05, 3.63) is 54.0 Å². The number of anilines is 1. The van der Waals surface area contributed by atoms with Crippen LogP contribution < -0.4 is 10.6 Å². The molecule has 2 N–H and O–H groups in total. The Balaban J connectivity index is 1.29. The number of aryl methyl sites for hydroxylation is 1. The zero-order chi connectivity index (χ0) is 30.0. The lowest BCUT2D eigenvalue weighted by Crippen LogP contribution is -2.50. The van der Waals surface area contributed by atoms with E-state index in [1.54, 1.807) is 16.9 Å². The summed E-state index contributed by atoms with van der Waals surface area (Å²) in [6, 6.07) is 10.1. The van der Waals surface area contributed by atoms with Crippen molar-refractivity contribution in [2.75, 3.05) is 11.9 Å². The Labute approximate surface area is 250 Å². The molecule has 1 unspecified atom stereocenters. The number of benzene rings is 1.